The molecular weight excluding hydrogens is 350 g/mol. The van der Waals surface area contributed by atoms with Crippen molar-refractivity contribution >= 4 is 28.9 Å². The number of carbonyl (C=O) groups excluding carboxylic acids is 1. The zero-order valence-electron chi connectivity index (χ0n) is 15.4. The van der Waals surface area contributed by atoms with Gasteiger partial charge in [0.2, 0.25) is 0 Å². The third-order valence-corrected chi connectivity index (χ3v) is 3.65. The first-order chi connectivity index (χ1) is 12.3. The fourth-order valence-corrected chi connectivity index (χ4v) is 2.46. The minimum Gasteiger partial charge on any atom is -0.312 e. The average Bonchev–Trinajstić information content (AvgIpc) is 2.83. The summed E-state index contributed by atoms with van der Waals surface area (Å²) in [4.78, 5) is 13.5. The lowest BCUT2D eigenvalue weighted by Gasteiger charge is -2.20. The van der Waals surface area contributed by atoms with Crippen molar-refractivity contribution in [2.75, 3.05) is 26.2 Å². The van der Waals surface area contributed by atoms with Crippen LogP contribution in [0, 0.1) is 0 Å². The Morgan fingerprint density at radius 2 is 1.54 bits per heavy atom. The largest absolute Gasteiger partial charge is 0.312 e. The second-order valence-corrected chi connectivity index (χ2v) is 7.28. The molecule has 1 aliphatic heterocycles. The predicted molar refractivity (Wildman–Crippen MR) is 106 cm³/mol. The zero-order valence-corrected chi connectivity index (χ0v) is 16.2. The van der Waals surface area contributed by atoms with E-state index in [9.17, 15) is 4.79 Å². The van der Waals surface area contributed by atoms with Gasteiger partial charge < -0.3 is 4.90 Å². The second kappa shape index (κ2) is 8.89. The van der Waals surface area contributed by atoms with Gasteiger partial charge in [-0.05, 0) is 52.3 Å². The molecule has 2 aromatic carbocycles. The van der Waals surface area contributed by atoms with Crippen LogP contribution in [0.4, 0.5) is 11.4 Å². The fourth-order valence-electron chi connectivity index (χ4n) is 2.23. The summed E-state index contributed by atoms with van der Waals surface area (Å²) in [5, 5.41) is 9.68. The number of anilines is 1. The van der Waals surface area contributed by atoms with E-state index in [1.54, 1.807) is 6.92 Å². The van der Waals surface area contributed by atoms with Gasteiger partial charge in [-0.15, -0.1) is 0 Å². The topological polar surface area (TPSA) is 60.3 Å². The Labute approximate surface area is 159 Å². The molecule has 2 atom stereocenters. The SMILES string of the molecule is CC1(Cl)NN(c2ccccc2)C(=O)C1N=Nc1ccccc1.CN(C)C. The number of carbonyl (C=O) groups is 1. The van der Waals surface area contributed by atoms with Gasteiger partial charge in [-0.1, -0.05) is 48.0 Å². The Bertz CT molecular complexity index is 731. The van der Waals surface area contributed by atoms with Gasteiger partial charge in [0.05, 0.1) is 11.4 Å². The molecule has 7 heteroatoms. The summed E-state index contributed by atoms with van der Waals surface area (Å²) in [6.07, 6.45) is 0. The number of halogens is 1. The van der Waals surface area contributed by atoms with E-state index in [0.29, 0.717) is 5.69 Å². The summed E-state index contributed by atoms with van der Waals surface area (Å²) in [6.45, 7) is 1.71. The molecule has 0 aliphatic carbocycles. The highest BCUT2D eigenvalue weighted by molar-refractivity contribution is 6.28. The molecule has 26 heavy (non-hydrogen) atoms. The van der Waals surface area contributed by atoms with E-state index in [1.165, 1.54) is 5.01 Å². The van der Waals surface area contributed by atoms with Crippen molar-refractivity contribution in [3.05, 3.63) is 60.7 Å². The van der Waals surface area contributed by atoms with Crippen LogP contribution in [-0.2, 0) is 4.79 Å². The van der Waals surface area contributed by atoms with Crippen molar-refractivity contribution in [3.8, 4) is 0 Å². The summed E-state index contributed by atoms with van der Waals surface area (Å²) in [7, 11) is 6.00. The molecule has 0 spiro atoms. The first kappa shape index (κ1) is 20.0. The Kier molecular flexibility index (Phi) is 6.85. The first-order valence-electron chi connectivity index (χ1n) is 8.24. The molecule has 2 aromatic rings. The molecule has 1 heterocycles. The molecule has 2 unspecified atom stereocenters. The van der Waals surface area contributed by atoms with Crippen LogP contribution in [-0.4, -0.2) is 43.0 Å². The number of nitrogens with zero attached hydrogens (tertiary/aromatic N) is 4. The average molecular weight is 374 g/mol. The molecule has 0 bridgehead atoms. The van der Waals surface area contributed by atoms with E-state index in [1.807, 2.05) is 86.7 Å². The number of benzene rings is 2. The van der Waals surface area contributed by atoms with Gasteiger partial charge >= 0.3 is 0 Å². The minimum atomic E-state index is -1.02. The van der Waals surface area contributed by atoms with Crippen molar-refractivity contribution in [2.24, 2.45) is 10.2 Å². The number of alkyl halides is 1. The summed E-state index contributed by atoms with van der Waals surface area (Å²) >= 11 is 6.41. The normalized spacial score (nSPS) is 22.6. The van der Waals surface area contributed by atoms with E-state index >= 15 is 0 Å². The van der Waals surface area contributed by atoms with E-state index in [0.717, 1.165) is 5.69 Å². The van der Waals surface area contributed by atoms with Gasteiger partial charge in [-0.3, -0.25) is 4.79 Å². The predicted octanol–water partition coefficient (Wildman–Crippen LogP) is 3.82. The van der Waals surface area contributed by atoms with Gasteiger partial charge in [-0.25, -0.2) is 10.4 Å². The maximum Gasteiger partial charge on any atom is 0.271 e. The van der Waals surface area contributed by atoms with Crippen LogP contribution in [0.1, 0.15) is 6.92 Å². The van der Waals surface area contributed by atoms with E-state index in [2.05, 4.69) is 15.7 Å². The molecule has 1 fully saturated rings. The van der Waals surface area contributed by atoms with Crippen molar-refractivity contribution in [1.82, 2.24) is 10.3 Å². The van der Waals surface area contributed by atoms with Gasteiger partial charge in [-0.2, -0.15) is 10.2 Å². The molecule has 0 saturated carbocycles. The lowest BCUT2D eigenvalue weighted by Crippen LogP contribution is -2.42. The number of hydrogen-bond donors (Lipinski definition) is 1. The van der Waals surface area contributed by atoms with Gasteiger partial charge in [0.25, 0.3) is 5.91 Å². The van der Waals surface area contributed by atoms with Crippen LogP contribution in [0.5, 0.6) is 0 Å². The van der Waals surface area contributed by atoms with Crippen LogP contribution in [0.25, 0.3) is 0 Å². The number of rotatable bonds is 3. The van der Waals surface area contributed by atoms with Gasteiger partial charge in [0.1, 0.15) is 5.00 Å². The third-order valence-electron chi connectivity index (χ3n) is 3.36. The molecule has 1 amide bonds. The maximum absolute atomic E-state index is 12.6. The highest BCUT2D eigenvalue weighted by Gasteiger charge is 2.49. The number of azo groups is 1. The van der Waals surface area contributed by atoms with Crippen LogP contribution < -0.4 is 10.4 Å². The summed E-state index contributed by atoms with van der Waals surface area (Å²) < 4.78 is 0. The van der Waals surface area contributed by atoms with Crippen LogP contribution in [0.3, 0.4) is 0 Å². The zero-order chi connectivity index (χ0) is 19.2. The minimum absolute atomic E-state index is 0.233. The molecule has 3 rings (SSSR count). The highest BCUT2D eigenvalue weighted by atomic mass is 35.5. The summed E-state index contributed by atoms with van der Waals surface area (Å²) in [5.41, 5.74) is 4.38. The molecule has 6 nitrogen and oxygen atoms in total. The van der Waals surface area contributed by atoms with E-state index in [4.69, 9.17) is 11.6 Å². The first-order valence-corrected chi connectivity index (χ1v) is 8.61. The summed E-state index contributed by atoms with van der Waals surface area (Å²) in [5.74, 6) is -0.233. The van der Waals surface area contributed by atoms with Crippen LogP contribution in [0.15, 0.2) is 70.9 Å². The number of para-hydroxylation sites is 1. The third kappa shape index (κ3) is 5.36. The Morgan fingerprint density at radius 3 is 2.08 bits per heavy atom. The Balaban J connectivity index is 0.000000552. The quantitative estimate of drug-likeness (QED) is 0.505. The van der Waals surface area contributed by atoms with Gasteiger partial charge in [0.15, 0.2) is 6.04 Å². The Morgan fingerprint density at radius 1 is 1.04 bits per heavy atom. The highest BCUT2D eigenvalue weighted by Crippen LogP contribution is 2.31. The molecule has 1 saturated heterocycles. The van der Waals surface area contributed by atoms with E-state index < -0.39 is 11.0 Å². The molecule has 0 radical (unpaired) electrons. The van der Waals surface area contributed by atoms with Crippen LogP contribution in [0.2, 0.25) is 0 Å². The standard InChI is InChI=1S/C16H15ClN4O.C3H9N/c1-16(17)14(19-18-12-8-4-2-5-9-12)15(22)21(20-16)13-10-6-3-7-11-13;1-4(2)3/h2-11,14,20H,1H3;1-3H3. The maximum atomic E-state index is 12.6. The van der Waals surface area contributed by atoms with Crippen molar-refractivity contribution in [3.63, 3.8) is 0 Å². The van der Waals surface area contributed by atoms with Crippen LogP contribution >= 0.6 is 11.6 Å². The second-order valence-electron chi connectivity index (χ2n) is 6.49. The number of amides is 1. The van der Waals surface area contributed by atoms with Crippen molar-refractivity contribution in [2.45, 2.75) is 18.0 Å². The smallest absolute Gasteiger partial charge is 0.271 e. The Hall–Kier alpha value is -2.28. The fraction of sp³-hybridized carbons (Fsp3) is 0.316. The van der Waals surface area contributed by atoms with E-state index in [-0.39, 0.29) is 5.91 Å². The number of hydrazine groups is 1. The monoisotopic (exact) mass is 373 g/mol. The van der Waals surface area contributed by atoms with Crippen molar-refractivity contribution < 1.29 is 4.79 Å². The molecule has 0 aromatic heterocycles. The van der Waals surface area contributed by atoms with Crippen molar-refractivity contribution in [1.29, 1.82) is 0 Å². The molecule has 138 valence electrons. The molecule has 1 N–H and O–H groups in total. The number of nitrogens with one attached hydrogen (secondary N) is 1. The lowest BCUT2D eigenvalue weighted by atomic mass is 10.1. The molecule has 1 aliphatic rings. The number of hydrogen-bond acceptors (Lipinski definition) is 5. The lowest BCUT2D eigenvalue weighted by molar-refractivity contribution is -0.118. The summed E-state index contributed by atoms with van der Waals surface area (Å²) in [6, 6.07) is 17.7. The molecular formula is C19H24ClN5O. The van der Waals surface area contributed by atoms with Gasteiger partial charge in [0, 0.05) is 0 Å².